The Labute approximate surface area is 216 Å². The van der Waals surface area contributed by atoms with Crippen LogP contribution in [0.5, 0.6) is 5.75 Å². The number of aliphatic hydroxyl groups is 1. The van der Waals surface area contributed by atoms with Crippen LogP contribution in [-0.2, 0) is 19.6 Å². The van der Waals surface area contributed by atoms with E-state index in [-0.39, 0.29) is 48.7 Å². The average molecular weight is 508 g/mol. The maximum Gasteiger partial charge on any atom is 0.278 e. The molecule has 0 saturated carbocycles. The predicted molar refractivity (Wildman–Crippen MR) is 138 cm³/mol. The highest BCUT2D eigenvalue weighted by Gasteiger charge is 2.39. The lowest BCUT2D eigenvalue weighted by atomic mass is 10.1. The Kier molecular flexibility index (Phi) is 7.92. The first kappa shape index (κ1) is 26.3. The van der Waals surface area contributed by atoms with Crippen LogP contribution in [-0.4, -0.2) is 62.5 Å². The third kappa shape index (κ3) is 4.83. The molecule has 0 radical (unpaired) electrons. The van der Waals surface area contributed by atoms with E-state index < -0.39 is 0 Å². The summed E-state index contributed by atoms with van der Waals surface area (Å²) in [5.41, 5.74) is 2.23. The van der Waals surface area contributed by atoms with Crippen molar-refractivity contribution < 1.29 is 29.2 Å². The number of carbonyl (C=O) groups is 3. The van der Waals surface area contributed by atoms with Gasteiger partial charge in [0.1, 0.15) is 18.8 Å². The van der Waals surface area contributed by atoms with Gasteiger partial charge >= 0.3 is 0 Å². The quantitative estimate of drug-likeness (QED) is 0.236. The van der Waals surface area contributed by atoms with E-state index in [1.807, 2.05) is 11.5 Å². The maximum atomic E-state index is 13.2. The molecule has 9 nitrogen and oxygen atoms in total. The van der Waals surface area contributed by atoms with E-state index in [2.05, 4.69) is 6.92 Å². The van der Waals surface area contributed by atoms with Gasteiger partial charge in [0.05, 0.1) is 29.8 Å². The Morgan fingerprint density at radius 2 is 1.70 bits per heavy atom. The highest BCUT2D eigenvalue weighted by molar-refractivity contribution is 6.21. The van der Waals surface area contributed by atoms with Gasteiger partial charge in [-0.2, -0.15) is 0 Å². The molecule has 0 bridgehead atoms. The minimum atomic E-state index is -0.368. The van der Waals surface area contributed by atoms with Gasteiger partial charge in [0.15, 0.2) is 11.0 Å². The third-order valence-electron chi connectivity index (χ3n) is 7.04. The van der Waals surface area contributed by atoms with E-state index in [9.17, 15) is 24.6 Å². The lowest BCUT2D eigenvalue weighted by molar-refractivity contribution is -0.682. The van der Waals surface area contributed by atoms with Crippen LogP contribution in [0.15, 0.2) is 36.4 Å². The highest BCUT2D eigenvalue weighted by atomic mass is 16.3. The second kappa shape index (κ2) is 11.1. The summed E-state index contributed by atoms with van der Waals surface area (Å²) in [6, 6.07) is 9.93. The fourth-order valence-corrected chi connectivity index (χ4v) is 5.07. The van der Waals surface area contributed by atoms with E-state index in [4.69, 9.17) is 0 Å². The molecule has 9 heteroatoms. The van der Waals surface area contributed by atoms with Gasteiger partial charge in [0.25, 0.3) is 23.5 Å². The van der Waals surface area contributed by atoms with Gasteiger partial charge < -0.3 is 15.1 Å². The van der Waals surface area contributed by atoms with Gasteiger partial charge in [0, 0.05) is 25.7 Å². The Bertz CT molecular complexity index is 1310. The van der Waals surface area contributed by atoms with Crippen molar-refractivity contribution in [3.63, 3.8) is 0 Å². The SMILES string of the molecule is CCCCCCN(C)C(=O)c1cc2c(cc1O)[n+](CCO)c(CN1C(=O)c3ccccc3C1=O)n2CC. The fourth-order valence-electron chi connectivity index (χ4n) is 5.07. The molecule has 0 spiro atoms. The first-order chi connectivity index (χ1) is 17.8. The molecule has 196 valence electrons. The number of imidazole rings is 1. The van der Waals surface area contributed by atoms with Gasteiger partial charge in [-0.3, -0.25) is 19.3 Å². The van der Waals surface area contributed by atoms with E-state index in [1.165, 1.54) is 11.0 Å². The van der Waals surface area contributed by atoms with Crippen LogP contribution in [0, 0.1) is 0 Å². The number of nitrogens with zero attached hydrogens (tertiary/aromatic N) is 4. The lowest BCUT2D eigenvalue weighted by Crippen LogP contribution is -2.43. The molecule has 0 unspecified atom stereocenters. The largest absolute Gasteiger partial charge is 0.507 e. The van der Waals surface area contributed by atoms with Crippen LogP contribution in [0.2, 0.25) is 0 Å². The van der Waals surface area contributed by atoms with Crippen LogP contribution in [0.3, 0.4) is 0 Å². The number of aromatic hydroxyl groups is 1. The molecule has 0 atom stereocenters. The Morgan fingerprint density at radius 3 is 2.30 bits per heavy atom. The fraction of sp³-hybridized carbons (Fsp3) is 0.429. The smallest absolute Gasteiger partial charge is 0.278 e. The third-order valence-corrected chi connectivity index (χ3v) is 7.04. The number of imide groups is 1. The summed E-state index contributed by atoms with van der Waals surface area (Å²) in [6.45, 7) is 5.19. The summed E-state index contributed by atoms with van der Waals surface area (Å²) in [6.07, 6.45) is 4.16. The number of aromatic nitrogens is 2. The Hall–Kier alpha value is -3.72. The predicted octanol–water partition coefficient (Wildman–Crippen LogP) is 3.10. The number of aryl methyl sites for hydroxylation is 1. The number of benzene rings is 2. The average Bonchev–Trinajstić information content (AvgIpc) is 3.31. The van der Waals surface area contributed by atoms with Crippen molar-refractivity contribution in [2.75, 3.05) is 20.2 Å². The van der Waals surface area contributed by atoms with Crippen LogP contribution in [0.4, 0.5) is 0 Å². The molecule has 2 aromatic carbocycles. The van der Waals surface area contributed by atoms with Crippen LogP contribution < -0.4 is 4.57 Å². The number of fused-ring (bicyclic) bond motifs is 2. The van der Waals surface area contributed by atoms with Crippen molar-refractivity contribution >= 4 is 28.8 Å². The maximum absolute atomic E-state index is 13.2. The van der Waals surface area contributed by atoms with Crippen LogP contribution in [0.25, 0.3) is 11.0 Å². The molecule has 2 N–H and O–H groups in total. The summed E-state index contributed by atoms with van der Waals surface area (Å²) in [7, 11) is 1.73. The molecular formula is C28H35N4O5+. The molecule has 0 saturated heterocycles. The van der Waals surface area contributed by atoms with Crippen molar-refractivity contribution in [3.8, 4) is 5.75 Å². The molecule has 1 aliphatic heterocycles. The highest BCUT2D eigenvalue weighted by Crippen LogP contribution is 2.29. The van der Waals surface area contributed by atoms with E-state index >= 15 is 0 Å². The minimum Gasteiger partial charge on any atom is -0.507 e. The second-order valence-corrected chi connectivity index (χ2v) is 9.42. The number of rotatable bonds is 11. The van der Waals surface area contributed by atoms with E-state index in [1.54, 1.807) is 46.8 Å². The standard InChI is InChI=1S/C28H34N4O5/c1-4-6-7-10-13-29(3)26(35)21-16-22-23(17-24(21)34)31(14-15-33)25(30(22)5-2)18-32-27(36)19-11-8-9-12-20(19)28(32)37/h8-9,11-12,16-17,33H,4-7,10,13-15,18H2,1-3H3/p+1. The zero-order valence-corrected chi connectivity index (χ0v) is 21.7. The van der Waals surface area contributed by atoms with Gasteiger partial charge in [-0.05, 0) is 25.5 Å². The normalized spacial score (nSPS) is 13.0. The zero-order chi connectivity index (χ0) is 26.7. The second-order valence-electron chi connectivity index (χ2n) is 9.42. The number of unbranched alkanes of at least 4 members (excludes halogenated alkanes) is 3. The number of phenols is 1. The molecule has 1 aromatic heterocycles. The van der Waals surface area contributed by atoms with Crippen molar-refractivity contribution in [2.45, 2.75) is 59.2 Å². The Balaban J connectivity index is 1.73. The first-order valence-corrected chi connectivity index (χ1v) is 12.9. The number of aliphatic hydroxyl groups excluding tert-OH is 1. The molecule has 4 rings (SSSR count). The van der Waals surface area contributed by atoms with Gasteiger partial charge in [0.2, 0.25) is 0 Å². The van der Waals surface area contributed by atoms with Crippen molar-refractivity contribution in [2.24, 2.45) is 0 Å². The number of hydrogen-bond acceptors (Lipinski definition) is 5. The molecule has 37 heavy (non-hydrogen) atoms. The number of phenolic OH excluding ortho intramolecular Hbond substituents is 1. The molecule has 0 fully saturated rings. The molecule has 2 heterocycles. The molecule has 0 aliphatic carbocycles. The number of hydrogen-bond donors (Lipinski definition) is 2. The molecular weight excluding hydrogens is 472 g/mol. The first-order valence-electron chi connectivity index (χ1n) is 12.9. The summed E-state index contributed by atoms with van der Waals surface area (Å²) < 4.78 is 3.72. The molecule has 3 aromatic rings. The lowest BCUT2D eigenvalue weighted by Gasteiger charge is -2.17. The minimum absolute atomic E-state index is 0.00373. The van der Waals surface area contributed by atoms with E-state index in [0.29, 0.717) is 41.1 Å². The van der Waals surface area contributed by atoms with E-state index in [0.717, 1.165) is 25.7 Å². The number of amides is 3. The summed E-state index contributed by atoms with van der Waals surface area (Å²) >= 11 is 0. The van der Waals surface area contributed by atoms with Crippen LogP contribution in [0.1, 0.15) is 76.4 Å². The molecule has 1 aliphatic rings. The van der Waals surface area contributed by atoms with Gasteiger partial charge in [-0.15, -0.1) is 0 Å². The van der Waals surface area contributed by atoms with Crippen molar-refractivity contribution in [3.05, 3.63) is 58.9 Å². The van der Waals surface area contributed by atoms with Gasteiger partial charge in [-0.25, -0.2) is 9.13 Å². The van der Waals surface area contributed by atoms with Crippen molar-refractivity contribution in [1.29, 1.82) is 0 Å². The zero-order valence-electron chi connectivity index (χ0n) is 21.7. The topological polar surface area (TPSA) is 107 Å². The summed E-state index contributed by atoms with van der Waals surface area (Å²) in [4.78, 5) is 42.1. The monoisotopic (exact) mass is 507 g/mol. The van der Waals surface area contributed by atoms with Gasteiger partial charge in [-0.1, -0.05) is 38.3 Å². The van der Waals surface area contributed by atoms with Crippen LogP contribution >= 0.6 is 0 Å². The summed E-state index contributed by atoms with van der Waals surface area (Å²) in [5.74, 6) is -0.529. The number of carbonyl (C=O) groups excluding carboxylic acids is 3. The van der Waals surface area contributed by atoms with Crippen molar-refractivity contribution in [1.82, 2.24) is 14.4 Å². The Morgan fingerprint density at radius 1 is 1.03 bits per heavy atom. The summed E-state index contributed by atoms with van der Waals surface area (Å²) in [5, 5.41) is 20.6. The molecule has 3 amide bonds.